The van der Waals surface area contributed by atoms with Crippen molar-refractivity contribution < 1.29 is 18.8 Å². The molecule has 1 aromatic heterocycles. The Kier molecular flexibility index (Phi) is 5.28. The molecule has 2 N–H and O–H groups in total. The highest BCUT2D eigenvalue weighted by Gasteiger charge is 2.12. The first kappa shape index (κ1) is 17.2. The molecule has 0 spiro atoms. The van der Waals surface area contributed by atoms with E-state index in [-0.39, 0.29) is 12.2 Å². The first-order valence-electron chi connectivity index (χ1n) is 7.94. The molecule has 26 heavy (non-hydrogen) atoms. The number of nitrogens with zero attached hydrogens (tertiary/aromatic N) is 1. The zero-order valence-electron chi connectivity index (χ0n) is 14.1. The van der Waals surface area contributed by atoms with Crippen LogP contribution in [0.15, 0.2) is 65.2 Å². The lowest BCUT2D eigenvalue weighted by Gasteiger charge is -2.08. The molecule has 7 heteroatoms. The highest BCUT2D eigenvalue weighted by Crippen LogP contribution is 2.22. The van der Waals surface area contributed by atoms with Crippen molar-refractivity contribution in [3.63, 3.8) is 0 Å². The van der Waals surface area contributed by atoms with Crippen LogP contribution in [-0.4, -0.2) is 17.0 Å². The molecule has 0 aliphatic heterocycles. The van der Waals surface area contributed by atoms with Crippen molar-refractivity contribution in [2.45, 2.75) is 13.3 Å². The maximum Gasteiger partial charge on any atom is 0.235 e. The zero-order valence-corrected chi connectivity index (χ0v) is 14.1. The summed E-state index contributed by atoms with van der Waals surface area (Å²) in [5.41, 5.74) is 0.570. The van der Waals surface area contributed by atoms with Gasteiger partial charge in [-0.05, 0) is 43.3 Å². The molecule has 3 aromatic rings. The van der Waals surface area contributed by atoms with Gasteiger partial charge in [-0.3, -0.25) is 9.59 Å². The standard InChI is InChI=1S/C19H17N3O4/c1-13-11-17(22-26-13)21-19(24)12-18(23)20-14-7-9-16(10-8-14)25-15-5-3-2-4-6-15/h2-11H,12H2,1H3,(H,20,23)(H,21,22,24). The summed E-state index contributed by atoms with van der Waals surface area (Å²) in [5.74, 6) is 1.32. The second-order valence-corrected chi connectivity index (χ2v) is 5.54. The number of aromatic nitrogens is 1. The van der Waals surface area contributed by atoms with E-state index in [4.69, 9.17) is 9.26 Å². The number of aryl methyl sites for hydroxylation is 1. The predicted molar refractivity (Wildman–Crippen MR) is 96.1 cm³/mol. The minimum atomic E-state index is -0.472. The van der Waals surface area contributed by atoms with Gasteiger partial charge in [-0.1, -0.05) is 23.4 Å². The van der Waals surface area contributed by atoms with Crippen molar-refractivity contribution in [3.05, 3.63) is 66.4 Å². The van der Waals surface area contributed by atoms with Gasteiger partial charge in [0.2, 0.25) is 11.8 Å². The Bertz CT molecular complexity index is 889. The van der Waals surface area contributed by atoms with E-state index < -0.39 is 11.8 Å². The molecule has 0 radical (unpaired) electrons. The van der Waals surface area contributed by atoms with Gasteiger partial charge in [0.25, 0.3) is 0 Å². The van der Waals surface area contributed by atoms with Gasteiger partial charge < -0.3 is 19.9 Å². The van der Waals surface area contributed by atoms with Crippen molar-refractivity contribution >= 4 is 23.3 Å². The molecular formula is C19H17N3O4. The molecule has 2 aromatic carbocycles. The van der Waals surface area contributed by atoms with E-state index in [0.717, 1.165) is 5.75 Å². The molecule has 0 unspecified atom stereocenters. The topological polar surface area (TPSA) is 93.5 Å². The fourth-order valence-corrected chi connectivity index (χ4v) is 2.19. The van der Waals surface area contributed by atoms with E-state index in [0.29, 0.717) is 17.2 Å². The molecule has 2 amide bonds. The third-order valence-corrected chi connectivity index (χ3v) is 3.33. The van der Waals surface area contributed by atoms with Gasteiger partial charge in [0.15, 0.2) is 5.82 Å². The van der Waals surface area contributed by atoms with Crippen LogP contribution in [0.2, 0.25) is 0 Å². The molecule has 0 saturated carbocycles. The summed E-state index contributed by atoms with van der Waals surface area (Å²) in [6, 6.07) is 17.8. The van der Waals surface area contributed by atoms with Gasteiger partial charge >= 0.3 is 0 Å². The molecule has 0 atom stereocenters. The second kappa shape index (κ2) is 7.98. The summed E-state index contributed by atoms with van der Waals surface area (Å²) in [5, 5.41) is 8.79. The highest BCUT2D eigenvalue weighted by molar-refractivity contribution is 6.07. The van der Waals surface area contributed by atoms with Gasteiger partial charge in [0.05, 0.1) is 0 Å². The number of hydrogen-bond donors (Lipinski definition) is 2. The summed E-state index contributed by atoms with van der Waals surface area (Å²) in [6.45, 7) is 1.71. The summed E-state index contributed by atoms with van der Waals surface area (Å²) >= 11 is 0. The molecule has 0 aliphatic carbocycles. The van der Waals surface area contributed by atoms with Crippen molar-refractivity contribution in [2.24, 2.45) is 0 Å². The molecule has 3 rings (SSSR count). The van der Waals surface area contributed by atoms with E-state index in [1.54, 1.807) is 37.3 Å². The third kappa shape index (κ3) is 4.94. The number of benzene rings is 2. The molecule has 0 aliphatic rings. The highest BCUT2D eigenvalue weighted by atomic mass is 16.5. The lowest BCUT2D eigenvalue weighted by molar-refractivity contribution is -0.123. The lowest BCUT2D eigenvalue weighted by Crippen LogP contribution is -2.21. The van der Waals surface area contributed by atoms with E-state index in [2.05, 4.69) is 15.8 Å². The van der Waals surface area contributed by atoms with E-state index in [1.165, 1.54) is 0 Å². The number of amides is 2. The van der Waals surface area contributed by atoms with E-state index in [9.17, 15) is 9.59 Å². The van der Waals surface area contributed by atoms with E-state index >= 15 is 0 Å². The molecule has 0 fully saturated rings. The number of carbonyl (C=O) groups is 2. The third-order valence-electron chi connectivity index (χ3n) is 3.33. The average molecular weight is 351 g/mol. The molecule has 7 nitrogen and oxygen atoms in total. The number of carbonyl (C=O) groups excluding carboxylic acids is 2. The first-order chi connectivity index (χ1) is 12.6. The van der Waals surface area contributed by atoms with Crippen molar-refractivity contribution in [1.82, 2.24) is 5.16 Å². The van der Waals surface area contributed by atoms with Gasteiger partial charge in [0, 0.05) is 11.8 Å². The largest absolute Gasteiger partial charge is 0.457 e. The number of ether oxygens (including phenoxy) is 1. The normalized spacial score (nSPS) is 10.2. The minimum absolute atomic E-state index is 0.280. The Balaban J connectivity index is 1.50. The first-order valence-corrected chi connectivity index (χ1v) is 7.94. The van der Waals surface area contributed by atoms with Crippen LogP contribution >= 0.6 is 0 Å². The Morgan fingerprint density at radius 1 is 0.962 bits per heavy atom. The Hall–Kier alpha value is -3.61. The second-order valence-electron chi connectivity index (χ2n) is 5.54. The number of para-hydroxylation sites is 1. The Labute approximate surface area is 150 Å². The SMILES string of the molecule is Cc1cc(NC(=O)CC(=O)Nc2ccc(Oc3ccccc3)cc2)no1. The van der Waals surface area contributed by atoms with Crippen LogP contribution < -0.4 is 15.4 Å². The average Bonchev–Trinajstić information content (AvgIpc) is 3.02. The van der Waals surface area contributed by atoms with Crippen LogP contribution in [0.3, 0.4) is 0 Å². The number of hydrogen-bond acceptors (Lipinski definition) is 5. The van der Waals surface area contributed by atoms with Crippen molar-refractivity contribution in [2.75, 3.05) is 10.6 Å². The van der Waals surface area contributed by atoms with Crippen molar-refractivity contribution in [3.8, 4) is 11.5 Å². The maximum absolute atomic E-state index is 11.9. The maximum atomic E-state index is 11.9. The quantitative estimate of drug-likeness (QED) is 0.660. The summed E-state index contributed by atoms with van der Waals surface area (Å²) < 4.78 is 10.5. The van der Waals surface area contributed by atoms with Crippen LogP contribution in [0, 0.1) is 6.92 Å². The lowest BCUT2D eigenvalue weighted by atomic mass is 10.2. The summed E-state index contributed by atoms with van der Waals surface area (Å²) in [6.07, 6.45) is -0.325. The van der Waals surface area contributed by atoms with Crippen LogP contribution in [-0.2, 0) is 9.59 Å². The van der Waals surface area contributed by atoms with Crippen LogP contribution in [0.25, 0.3) is 0 Å². The molecule has 1 heterocycles. The molecular weight excluding hydrogens is 334 g/mol. The molecule has 0 saturated heterocycles. The Morgan fingerprint density at radius 3 is 2.27 bits per heavy atom. The monoisotopic (exact) mass is 351 g/mol. The fourth-order valence-electron chi connectivity index (χ4n) is 2.19. The van der Waals surface area contributed by atoms with E-state index in [1.807, 2.05) is 30.3 Å². The van der Waals surface area contributed by atoms with Crippen molar-refractivity contribution in [1.29, 1.82) is 0 Å². The fraction of sp³-hybridized carbons (Fsp3) is 0.105. The van der Waals surface area contributed by atoms with Crippen LogP contribution in [0.5, 0.6) is 11.5 Å². The van der Waals surface area contributed by atoms with Gasteiger partial charge in [-0.15, -0.1) is 0 Å². The number of rotatable bonds is 6. The van der Waals surface area contributed by atoms with Gasteiger partial charge in [-0.25, -0.2) is 0 Å². The van der Waals surface area contributed by atoms with Gasteiger partial charge in [0.1, 0.15) is 23.7 Å². The summed E-state index contributed by atoms with van der Waals surface area (Å²) in [4.78, 5) is 23.8. The van der Waals surface area contributed by atoms with Crippen LogP contribution in [0.4, 0.5) is 11.5 Å². The number of nitrogens with one attached hydrogen (secondary N) is 2. The zero-order chi connectivity index (χ0) is 18.4. The predicted octanol–water partition coefficient (Wildman–Crippen LogP) is 3.74. The number of anilines is 2. The molecule has 132 valence electrons. The minimum Gasteiger partial charge on any atom is -0.457 e. The Morgan fingerprint density at radius 2 is 1.62 bits per heavy atom. The summed E-state index contributed by atoms with van der Waals surface area (Å²) in [7, 11) is 0. The smallest absolute Gasteiger partial charge is 0.235 e. The van der Waals surface area contributed by atoms with Crippen LogP contribution in [0.1, 0.15) is 12.2 Å². The molecule has 0 bridgehead atoms. The van der Waals surface area contributed by atoms with Gasteiger partial charge in [-0.2, -0.15) is 0 Å².